The van der Waals surface area contributed by atoms with E-state index < -0.39 is 0 Å². The summed E-state index contributed by atoms with van der Waals surface area (Å²) in [6.07, 6.45) is 0. The van der Waals surface area contributed by atoms with E-state index in [1.165, 1.54) is 5.56 Å². The summed E-state index contributed by atoms with van der Waals surface area (Å²) in [6, 6.07) is 5.91. The SMILES string of the molecule is Cc1ccc(OCNC(=O)NCC(C)C)c(C(C)(C)C)c1. The van der Waals surface area contributed by atoms with Crippen LogP contribution >= 0.6 is 0 Å². The van der Waals surface area contributed by atoms with E-state index in [0.29, 0.717) is 12.5 Å². The van der Waals surface area contributed by atoms with Gasteiger partial charge in [-0.1, -0.05) is 52.3 Å². The maximum Gasteiger partial charge on any atom is 0.317 e. The highest BCUT2D eigenvalue weighted by Gasteiger charge is 2.19. The molecule has 0 radical (unpaired) electrons. The summed E-state index contributed by atoms with van der Waals surface area (Å²) < 4.78 is 5.72. The van der Waals surface area contributed by atoms with Crippen molar-refractivity contribution in [3.63, 3.8) is 0 Å². The number of urea groups is 1. The quantitative estimate of drug-likeness (QED) is 0.815. The van der Waals surface area contributed by atoms with E-state index in [9.17, 15) is 4.79 Å². The van der Waals surface area contributed by atoms with Crippen LogP contribution in [0, 0.1) is 12.8 Å². The second kappa shape index (κ2) is 7.34. The molecule has 4 nitrogen and oxygen atoms in total. The van der Waals surface area contributed by atoms with Crippen molar-refractivity contribution in [2.24, 2.45) is 5.92 Å². The number of nitrogens with one attached hydrogen (secondary N) is 2. The Bertz CT molecular complexity index is 476. The lowest BCUT2D eigenvalue weighted by molar-refractivity contribution is 0.222. The van der Waals surface area contributed by atoms with Crippen molar-refractivity contribution in [1.29, 1.82) is 0 Å². The van der Waals surface area contributed by atoms with E-state index in [1.54, 1.807) is 0 Å². The van der Waals surface area contributed by atoms with E-state index in [1.807, 2.05) is 12.1 Å². The highest BCUT2D eigenvalue weighted by molar-refractivity contribution is 5.73. The van der Waals surface area contributed by atoms with E-state index in [2.05, 4.69) is 58.2 Å². The average Bonchev–Trinajstić information content (AvgIpc) is 2.37. The Morgan fingerprint density at radius 3 is 2.48 bits per heavy atom. The van der Waals surface area contributed by atoms with E-state index >= 15 is 0 Å². The second-order valence-corrected chi connectivity index (χ2v) is 6.82. The Morgan fingerprint density at radius 1 is 1.24 bits per heavy atom. The molecule has 0 aliphatic carbocycles. The minimum atomic E-state index is -0.201. The van der Waals surface area contributed by atoms with Crippen LogP contribution in [0.1, 0.15) is 45.7 Å². The van der Waals surface area contributed by atoms with Crippen LogP contribution in [-0.2, 0) is 5.41 Å². The van der Waals surface area contributed by atoms with E-state index in [0.717, 1.165) is 11.3 Å². The second-order valence-electron chi connectivity index (χ2n) is 6.82. The molecule has 2 N–H and O–H groups in total. The zero-order chi connectivity index (χ0) is 16.0. The van der Waals surface area contributed by atoms with Gasteiger partial charge in [-0.05, 0) is 29.9 Å². The van der Waals surface area contributed by atoms with Gasteiger partial charge in [-0.25, -0.2) is 4.79 Å². The molecule has 0 fully saturated rings. The van der Waals surface area contributed by atoms with Crippen molar-refractivity contribution in [2.75, 3.05) is 13.3 Å². The van der Waals surface area contributed by atoms with Gasteiger partial charge in [0.2, 0.25) is 0 Å². The molecule has 0 spiro atoms. The first kappa shape index (κ1) is 17.3. The van der Waals surface area contributed by atoms with Gasteiger partial charge in [-0.15, -0.1) is 0 Å². The summed E-state index contributed by atoms with van der Waals surface area (Å²) in [5.41, 5.74) is 2.35. The molecule has 118 valence electrons. The number of carbonyl (C=O) groups is 1. The predicted molar refractivity (Wildman–Crippen MR) is 86.7 cm³/mol. The molecule has 1 aromatic rings. The molecule has 1 aromatic carbocycles. The third-order valence-electron chi connectivity index (χ3n) is 3.07. The van der Waals surface area contributed by atoms with Crippen molar-refractivity contribution in [2.45, 2.75) is 47.0 Å². The molecule has 4 heteroatoms. The fourth-order valence-electron chi connectivity index (χ4n) is 1.89. The molecular weight excluding hydrogens is 264 g/mol. The maximum atomic E-state index is 11.6. The number of benzene rings is 1. The molecule has 0 aliphatic heterocycles. The normalized spacial score (nSPS) is 11.4. The lowest BCUT2D eigenvalue weighted by Gasteiger charge is -2.23. The van der Waals surface area contributed by atoms with Crippen LogP contribution in [0.5, 0.6) is 5.75 Å². The number of aryl methyl sites for hydroxylation is 1. The third-order valence-corrected chi connectivity index (χ3v) is 3.07. The first-order valence-electron chi connectivity index (χ1n) is 7.46. The highest BCUT2D eigenvalue weighted by atomic mass is 16.5. The molecule has 0 saturated heterocycles. The monoisotopic (exact) mass is 292 g/mol. The molecule has 0 saturated carbocycles. The molecule has 2 amide bonds. The zero-order valence-corrected chi connectivity index (χ0v) is 14.0. The van der Waals surface area contributed by atoms with Gasteiger partial charge in [-0.2, -0.15) is 0 Å². The van der Waals surface area contributed by atoms with Gasteiger partial charge < -0.3 is 15.4 Å². The third kappa shape index (κ3) is 6.06. The van der Waals surface area contributed by atoms with Gasteiger partial charge >= 0.3 is 6.03 Å². The molecule has 1 rings (SSSR count). The summed E-state index contributed by atoms with van der Waals surface area (Å²) in [7, 11) is 0. The predicted octanol–water partition coefficient (Wildman–Crippen LogP) is 3.58. The fourth-order valence-corrected chi connectivity index (χ4v) is 1.89. The van der Waals surface area contributed by atoms with Gasteiger partial charge in [0.25, 0.3) is 0 Å². The Morgan fingerprint density at radius 2 is 1.90 bits per heavy atom. The van der Waals surface area contributed by atoms with Crippen LogP contribution in [0.25, 0.3) is 0 Å². The minimum absolute atomic E-state index is 0.00124. The molecule has 0 unspecified atom stereocenters. The van der Waals surface area contributed by atoms with E-state index in [4.69, 9.17) is 4.74 Å². The van der Waals surface area contributed by atoms with Crippen LogP contribution in [0.4, 0.5) is 4.79 Å². The molecule has 0 heterocycles. The largest absolute Gasteiger partial charge is 0.473 e. The minimum Gasteiger partial charge on any atom is -0.473 e. The van der Waals surface area contributed by atoms with Crippen LogP contribution in [0.15, 0.2) is 18.2 Å². The Balaban J connectivity index is 2.58. The molecule has 21 heavy (non-hydrogen) atoms. The summed E-state index contributed by atoms with van der Waals surface area (Å²) >= 11 is 0. The number of ether oxygens (including phenoxy) is 1. The Hall–Kier alpha value is -1.71. The topological polar surface area (TPSA) is 50.4 Å². The lowest BCUT2D eigenvalue weighted by atomic mass is 9.85. The zero-order valence-electron chi connectivity index (χ0n) is 14.0. The van der Waals surface area contributed by atoms with Crippen molar-refractivity contribution >= 4 is 6.03 Å². The summed E-state index contributed by atoms with van der Waals surface area (Å²) in [6.45, 7) is 13.4. The number of hydrogen-bond acceptors (Lipinski definition) is 2. The van der Waals surface area contributed by atoms with Crippen LogP contribution in [-0.4, -0.2) is 19.3 Å². The average molecular weight is 292 g/mol. The van der Waals surface area contributed by atoms with Gasteiger partial charge in [0.05, 0.1) is 0 Å². The van der Waals surface area contributed by atoms with Crippen molar-refractivity contribution in [1.82, 2.24) is 10.6 Å². The molecule has 0 aliphatic rings. The van der Waals surface area contributed by atoms with Gasteiger partial charge in [0, 0.05) is 6.54 Å². The first-order chi connectivity index (χ1) is 9.70. The van der Waals surface area contributed by atoms with Gasteiger partial charge in [0.1, 0.15) is 5.75 Å². The Labute approximate surface area is 128 Å². The Kier molecular flexibility index (Phi) is 6.06. The number of amides is 2. The lowest BCUT2D eigenvalue weighted by Crippen LogP contribution is -2.39. The van der Waals surface area contributed by atoms with Gasteiger partial charge in [0.15, 0.2) is 6.73 Å². The molecular formula is C17H28N2O2. The van der Waals surface area contributed by atoms with Crippen molar-refractivity contribution < 1.29 is 9.53 Å². The highest BCUT2D eigenvalue weighted by Crippen LogP contribution is 2.31. The van der Waals surface area contributed by atoms with Gasteiger partial charge in [-0.3, -0.25) is 0 Å². The standard InChI is InChI=1S/C17H28N2O2/c1-12(2)10-18-16(20)19-11-21-15-8-7-13(3)9-14(15)17(4,5)6/h7-9,12H,10-11H2,1-6H3,(H2,18,19,20). The van der Waals surface area contributed by atoms with Crippen LogP contribution < -0.4 is 15.4 Å². The van der Waals surface area contributed by atoms with Crippen LogP contribution in [0.3, 0.4) is 0 Å². The first-order valence-corrected chi connectivity index (χ1v) is 7.46. The summed E-state index contributed by atoms with van der Waals surface area (Å²) in [5, 5.41) is 5.50. The fraction of sp³-hybridized carbons (Fsp3) is 0.588. The smallest absolute Gasteiger partial charge is 0.317 e. The number of carbonyl (C=O) groups excluding carboxylic acids is 1. The molecule has 0 aromatic heterocycles. The summed E-state index contributed by atoms with van der Waals surface area (Å²) in [5.74, 6) is 1.25. The summed E-state index contributed by atoms with van der Waals surface area (Å²) in [4.78, 5) is 11.6. The van der Waals surface area contributed by atoms with E-state index in [-0.39, 0.29) is 18.2 Å². The van der Waals surface area contributed by atoms with Crippen molar-refractivity contribution in [3.8, 4) is 5.75 Å². The molecule has 0 atom stereocenters. The molecule has 0 bridgehead atoms. The number of hydrogen-bond donors (Lipinski definition) is 2. The maximum absolute atomic E-state index is 11.6. The number of rotatable bonds is 5. The van der Waals surface area contributed by atoms with Crippen molar-refractivity contribution in [3.05, 3.63) is 29.3 Å². The van der Waals surface area contributed by atoms with Crippen LogP contribution in [0.2, 0.25) is 0 Å².